The lowest BCUT2D eigenvalue weighted by Gasteiger charge is -2.30. The third-order valence-electron chi connectivity index (χ3n) is 3.42. The number of hydrogen-bond acceptors (Lipinski definition) is 4. The largest absolute Gasteiger partial charge is 0.382 e. The zero-order valence-electron chi connectivity index (χ0n) is 9.45. The molecule has 1 aliphatic heterocycles. The van der Waals surface area contributed by atoms with Crippen molar-refractivity contribution < 1.29 is 0 Å². The van der Waals surface area contributed by atoms with Gasteiger partial charge in [0.2, 0.25) is 0 Å². The smallest absolute Gasteiger partial charge is 0.146 e. The summed E-state index contributed by atoms with van der Waals surface area (Å²) in [6.45, 7) is 4.13. The zero-order valence-corrected chi connectivity index (χ0v) is 9.45. The number of aromatic nitrogens is 1. The van der Waals surface area contributed by atoms with Crippen molar-refractivity contribution >= 4 is 11.5 Å². The summed E-state index contributed by atoms with van der Waals surface area (Å²) in [5.74, 6) is 1.42. The predicted octanol–water partition coefficient (Wildman–Crippen LogP) is 0.951. The SMILES string of the molecule is Nc1ncc(C2CC2)cc1N1CCNCC1. The number of rotatable bonds is 2. The van der Waals surface area contributed by atoms with Crippen molar-refractivity contribution in [3.05, 3.63) is 17.8 Å². The number of nitrogens with zero attached hydrogens (tertiary/aromatic N) is 2. The van der Waals surface area contributed by atoms with Crippen LogP contribution in [0, 0.1) is 0 Å². The summed E-state index contributed by atoms with van der Waals surface area (Å²) in [7, 11) is 0. The van der Waals surface area contributed by atoms with Gasteiger partial charge in [-0.3, -0.25) is 0 Å². The third-order valence-corrected chi connectivity index (χ3v) is 3.42. The lowest BCUT2D eigenvalue weighted by molar-refractivity contribution is 0.589. The standard InChI is InChI=1S/C12H18N4/c13-12-11(16-5-3-14-4-6-16)7-10(8-15-12)9-1-2-9/h7-9,14H,1-6H2,(H2,13,15). The van der Waals surface area contributed by atoms with E-state index in [-0.39, 0.29) is 0 Å². The lowest BCUT2D eigenvalue weighted by Crippen LogP contribution is -2.43. The molecule has 0 aromatic carbocycles. The fraction of sp³-hybridized carbons (Fsp3) is 0.583. The molecule has 0 unspecified atom stereocenters. The van der Waals surface area contributed by atoms with Crippen molar-refractivity contribution in [2.75, 3.05) is 36.8 Å². The van der Waals surface area contributed by atoms with Gasteiger partial charge in [-0.2, -0.15) is 0 Å². The quantitative estimate of drug-likeness (QED) is 0.776. The van der Waals surface area contributed by atoms with E-state index in [1.165, 1.54) is 18.4 Å². The molecule has 1 aromatic rings. The van der Waals surface area contributed by atoms with Gasteiger partial charge in [-0.25, -0.2) is 4.98 Å². The molecular formula is C12H18N4. The molecule has 16 heavy (non-hydrogen) atoms. The number of nitrogens with two attached hydrogens (primary N) is 1. The lowest BCUT2D eigenvalue weighted by atomic mass is 10.1. The zero-order chi connectivity index (χ0) is 11.0. The van der Waals surface area contributed by atoms with Gasteiger partial charge >= 0.3 is 0 Å². The highest BCUT2D eigenvalue weighted by Crippen LogP contribution is 2.41. The van der Waals surface area contributed by atoms with Crippen LogP contribution in [0.3, 0.4) is 0 Å². The second-order valence-corrected chi connectivity index (χ2v) is 4.68. The molecule has 86 valence electrons. The van der Waals surface area contributed by atoms with E-state index in [1.54, 1.807) is 0 Å². The first-order valence-electron chi connectivity index (χ1n) is 6.05. The summed E-state index contributed by atoms with van der Waals surface area (Å²) in [5.41, 5.74) is 8.46. The molecule has 1 aliphatic carbocycles. The Bertz CT molecular complexity index is 381. The van der Waals surface area contributed by atoms with Crippen molar-refractivity contribution in [3.63, 3.8) is 0 Å². The highest BCUT2D eigenvalue weighted by molar-refractivity contribution is 5.65. The summed E-state index contributed by atoms with van der Waals surface area (Å²) >= 11 is 0. The minimum Gasteiger partial charge on any atom is -0.382 e. The number of nitrogen functional groups attached to an aromatic ring is 1. The molecular weight excluding hydrogens is 200 g/mol. The maximum absolute atomic E-state index is 5.97. The molecule has 0 spiro atoms. The van der Waals surface area contributed by atoms with Crippen LogP contribution in [-0.2, 0) is 0 Å². The van der Waals surface area contributed by atoms with Crippen LogP contribution in [0.25, 0.3) is 0 Å². The van der Waals surface area contributed by atoms with Crippen LogP contribution < -0.4 is 16.0 Å². The normalized spacial score (nSPS) is 21.1. The molecule has 3 rings (SSSR count). The Hall–Kier alpha value is -1.29. The minimum absolute atomic E-state index is 0.673. The fourth-order valence-corrected chi connectivity index (χ4v) is 2.28. The third kappa shape index (κ3) is 1.85. The topological polar surface area (TPSA) is 54.2 Å². The van der Waals surface area contributed by atoms with Crippen LogP contribution in [-0.4, -0.2) is 31.2 Å². The molecule has 0 amide bonds. The van der Waals surface area contributed by atoms with Gasteiger partial charge in [0, 0.05) is 32.4 Å². The van der Waals surface area contributed by atoms with Gasteiger partial charge in [0.25, 0.3) is 0 Å². The van der Waals surface area contributed by atoms with Gasteiger partial charge in [-0.15, -0.1) is 0 Å². The van der Waals surface area contributed by atoms with Gasteiger partial charge in [0.05, 0.1) is 5.69 Å². The summed E-state index contributed by atoms with van der Waals surface area (Å²) in [6, 6.07) is 2.24. The maximum Gasteiger partial charge on any atom is 0.146 e. The fourth-order valence-electron chi connectivity index (χ4n) is 2.28. The minimum atomic E-state index is 0.673. The number of pyridine rings is 1. The van der Waals surface area contributed by atoms with Crippen molar-refractivity contribution in [2.24, 2.45) is 0 Å². The molecule has 3 N–H and O–H groups in total. The molecule has 4 nitrogen and oxygen atoms in total. The molecule has 4 heteroatoms. The molecule has 1 saturated carbocycles. The van der Waals surface area contributed by atoms with E-state index in [9.17, 15) is 0 Å². The van der Waals surface area contributed by atoms with Crippen LogP contribution in [0.15, 0.2) is 12.3 Å². The van der Waals surface area contributed by atoms with Gasteiger partial charge in [0.1, 0.15) is 5.82 Å². The summed E-state index contributed by atoms with van der Waals surface area (Å²) in [5, 5.41) is 3.35. The molecule has 0 atom stereocenters. The molecule has 2 fully saturated rings. The Balaban J connectivity index is 1.88. The first kappa shape index (κ1) is 9.90. The monoisotopic (exact) mass is 218 g/mol. The van der Waals surface area contributed by atoms with Crippen molar-refractivity contribution in [1.29, 1.82) is 0 Å². The first-order valence-corrected chi connectivity index (χ1v) is 6.05. The molecule has 2 heterocycles. The number of anilines is 2. The van der Waals surface area contributed by atoms with E-state index < -0.39 is 0 Å². The maximum atomic E-state index is 5.97. The van der Waals surface area contributed by atoms with E-state index in [2.05, 4.69) is 21.3 Å². The number of piperazine rings is 1. The molecule has 0 bridgehead atoms. The second kappa shape index (κ2) is 3.94. The average molecular weight is 218 g/mol. The molecule has 1 saturated heterocycles. The highest BCUT2D eigenvalue weighted by Gasteiger charge is 2.25. The Kier molecular flexibility index (Phi) is 2.44. The Morgan fingerprint density at radius 3 is 2.75 bits per heavy atom. The Morgan fingerprint density at radius 1 is 1.31 bits per heavy atom. The van der Waals surface area contributed by atoms with E-state index in [0.717, 1.165) is 37.8 Å². The predicted molar refractivity (Wildman–Crippen MR) is 65.7 cm³/mol. The van der Waals surface area contributed by atoms with Gasteiger partial charge in [0.15, 0.2) is 0 Å². The van der Waals surface area contributed by atoms with Crippen LogP contribution in [0.4, 0.5) is 11.5 Å². The van der Waals surface area contributed by atoms with E-state index in [4.69, 9.17) is 5.73 Å². The Morgan fingerprint density at radius 2 is 2.06 bits per heavy atom. The summed E-state index contributed by atoms with van der Waals surface area (Å²) in [6.07, 6.45) is 4.57. The molecule has 2 aliphatic rings. The average Bonchev–Trinajstić information content (AvgIpc) is 3.15. The van der Waals surface area contributed by atoms with Crippen molar-refractivity contribution in [1.82, 2.24) is 10.3 Å². The molecule has 0 radical (unpaired) electrons. The number of nitrogens with one attached hydrogen (secondary N) is 1. The van der Waals surface area contributed by atoms with Gasteiger partial charge in [-0.1, -0.05) is 0 Å². The molecule has 1 aromatic heterocycles. The summed E-state index contributed by atoms with van der Waals surface area (Å²) in [4.78, 5) is 6.67. The van der Waals surface area contributed by atoms with E-state index in [1.807, 2.05) is 6.20 Å². The van der Waals surface area contributed by atoms with Crippen LogP contribution in [0.1, 0.15) is 24.3 Å². The van der Waals surface area contributed by atoms with Crippen molar-refractivity contribution in [2.45, 2.75) is 18.8 Å². The van der Waals surface area contributed by atoms with Gasteiger partial charge in [-0.05, 0) is 30.4 Å². The first-order chi connectivity index (χ1) is 7.84. The van der Waals surface area contributed by atoms with Crippen LogP contribution in [0.2, 0.25) is 0 Å². The Labute approximate surface area is 95.8 Å². The summed E-state index contributed by atoms with van der Waals surface area (Å²) < 4.78 is 0. The highest BCUT2D eigenvalue weighted by atomic mass is 15.2. The van der Waals surface area contributed by atoms with Crippen LogP contribution in [0.5, 0.6) is 0 Å². The van der Waals surface area contributed by atoms with E-state index >= 15 is 0 Å². The van der Waals surface area contributed by atoms with E-state index in [0.29, 0.717) is 5.82 Å². The second-order valence-electron chi connectivity index (χ2n) is 4.68. The van der Waals surface area contributed by atoms with Gasteiger partial charge < -0.3 is 16.0 Å². The van der Waals surface area contributed by atoms with Crippen LogP contribution >= 0.6 is 0 Å². The van der Waals surface area contributed by atoms with Crippen molar-refractivity contribution in [3.8, 4) is 0 Å². The number of hydrogen-bond donors (Lipinski definition) is 2.